The molecule has 1 aromatic heterocycles. The second-order valence-electron chi connectivity index (χ2n) is 3.27. The molecule has 5 nitrogen and oxygen atoms in total. The highest BCUT2D eigenvalue weighted by molar-refractivity contribution is 9.08. The number of carbonyl (C=O) groups excluding carboxylic acids is 1. The number of hydrogen-bond acceptors (Lipinski definition) is 4. The van der Waals surface area contributed by atoms with Gasteiger partial charge in [-0.3, -0.25) is 4.79 Å². The number of H-pyrrole nitrogens is 1. The van der Waals surface area contributed by atoms with E-state index in [1.54, 1.807) is 6.92 Å². The minimum absolute atomic E-state index is 0.0747. The lowest BCUT2D eigenvalue weighted by Gasteiger charge is -2.12. The van der Waals surface area contributed by atoms with E-state index in [2.05, 4.69) is 25.4 Å². The molecule has 1 aromatic rings. The number of esters is 1. The van der Waals surface area contributed by atoms with Crippen molar-refractivity contribution in [3.63, 3.8) is 0 Å². The number of aromatic amines is 1. The fourth-order valence-corrected chi connectivity index (χ4v) is 1.66. The average Bonchev–Trinajstić information content (AvgIpc) is 2.30. The molecular weight excluding hydrogens is 335 g/mol. The van der Waals surface area contributed by atoms with Crippen molar-refractivity contribution in [2.45, 2.75) is 18.6 Å². The predicted octanol–water partition coefficient (Wildman–Crippen LogP) is 2.35. The third-order valence-corrected chi connectivity index (χ3v) is 2.53. The Balaban J connectivity index is 3.22. The van der Waals surface area contributed by atoms with Crippen molar-refractivity contribution in [2.24, 2.45) is 0 Å². The molecule has 0 aromatic carbocycles. The number of nitrogens with one attached hydrogen (secondary N) is 1. The van der Waals surface area contributed by atoms with Gasteiger partial charge in [-0.25, -0.2) is 4.79 Å². The van der Waals surface area contributed by atoms with Gasteiger partial charge in [0.15, 0.2) is 5.75 Å². The normalized spacial score (nSPS) is 11.2. The first kappa shape index (κ1) is 15.5. The van der Waals surface area contributed by atoms with Crippen LogP contribution in [0, 0.1) is 0 Å². The Labute approximate surface area is 113 Å². The van der Waals surface area contributed by atoms with Crippen LogP contribution in [0.2, 0.25) is 0 Å². The lowest BCUT2D eigenvalue weighted by Crippen LogP contribution is -2.25. The van der Waals surface area contributed by atoms with E-state index in [1.807, 2.05) is 4.98 Å². The van der Waals surface area contributed by atoms with Gasteiger partial charge in [0.25, 0.3) is 5.56 Å². The Morgan fingerprint density at radius 1 is 1.47 bits per heavy atom. The number of rotatable bonds is 4. The zero-order valence-corrected chi connectivity index (χ0v) is 11.2. The molecular formula is C10H9BrF3NO4. The van der Waals surface area contributed by atoms with Gasteiger partial charge >= 0.3 is 12.3 Å². The monoisotopic (exact) mass is 343 g/mol. The van der Waals surface area contributed by atoms with E-state index in [1.165, 1.54) is 0 Å². The van der Waals surface area contributed by atoms with E-state index in [0.717, 1.165) is 6.07 Å². The molecule has 0 radical (unpaired) electrons. The van der Waals surface area contributed by atoms with E-state index < -0.39 is 23.6 Å². The third kappa shape index (κ3) is 4.27. The molecule has 1 N–H and O–H groups in total. The second kappa shape index (κ2) is 6.09. The highest BCUT2D eigenvalue weighted by Crippen LogP contribution is 2.24. The summed E-state index contributed by atoms with van der Waals surface area (Å²) in [4.78, 5) is 24.9. The molecule has 106 valence electrons. The molecule has 0 fully saturated rings. The fraction of sp³-hybridized carbons (Fsp3) is 0.400. The van der Waals surface area contributed by atoms with Gasteiger partial charge in [-0.2, -0.15) is 0 Å². The average molecular weight is 344 g/mol. The van der Waals surface area contributed by atoms with Gasteiger partial charge in [0.2, 0.25) is 0 Å². The van der Waals surface area contributed by atoms with Crippen LogP contribution >= 0.6 is 15.9 Å². The standard InChI is InChI=1S/C10H9BrF3NO4/c1-2-18-9(17)6-3-5(4-11)7(8(16)15-6)19-10(12,13)14/h3H,2,4H2,1H3,(H,15,16). The van der Waals surface area contributed by atoms with Crippen LogP contribution in [0.1, 0.15) is 23.0 Å². The third-order valence-electron chi connectivity index (χ3n) is 1.92. The maximum atomic E-state index is 12.1. The second-order valence-corrected chi connectivity index (χ2v) is 3.83. The molecule has 0 atom stereocenters. The highest BCUT2D eigenvalue weighted by Gasteiger charge is 2.33. The number of aromatic nitrogens is 1. The van der Waals surface area contributed by atoms with E-state index in [0.29, 0.717) is 0 Å². The summed E-state index contributed by atoms with van der Waals surface area (Å²) < 4.78 is 44.7. The Bertz CT molecular complexity index is 526. The minimum atomic E-state index is -4.99. The molecule has 0 aliphatic rings. The summed E-state index contributed by atoms with van der Waals surface area (Å²) in [5, 5.41) is -0.0886. The van der Waals surface area contributed by atoms with Crippen LogP contribution in [0.3, 0.4) is 0 Å². The van der Waals surface area contributed by atoms with Crippen molar-refractivity contribution in [1.82, 2.24) is 4.98 Å². The van der Waals surface area contributed by atoms with Gasteiger partial charge in [0, 0.05) is 10.9 Å². The highest BCUT2D eigenvalue weighted by atomic mass is 79.9. The van der Waals surface area contributed by atoms with E-state index in [9.17, 15) is 22.8 Å². The Morgan fingerprint density at radius 2 is 2.11 bits per heavy atom. The van der Waals surface area contributed by atoms with Gasteiger partial charge in [-0.1, -0.05) is 15.9 Å². The first-order valence-electron chi connectivity index (χ1n) is 5.03. The van der Waals surface area contributed by atoms with E-state index in [-0.39, 0.29) is 23.2 Å². The number of alkyl halides is 4. The number of ether oxygens (including phenoxy) is 2. The molecule has 0 aliphatic heterocycles. The van der Waals surface area contributed by atoms with Gasteiger partial charge in [-0.05, 0) is 13.0 Å². The smallest absolute Gasteiger partial charge is 0.461 e. The minimum Gasteiger partial charge on any atom is -0.461 e. The zero-order chi connectivity index (χ0) is 14.6. The van der Waals surface area contributed by atoms with Crippen LogP contribution in [0.25, 0.3) is 0 Å². The topological polar surface area (TPSA) is 68.4 Å². The first-order valence-corrected chi connectivity index (χ1v) is 6.15. The Morgan fingerprint density at radius 3 is 2.58 bits per heavy atom. The summed E-state index contributed by atoms with van der Waals surface area (Å²) in [7, 11) is 0. The molecule has 0 saturated carbocycles. The Kier molecular flexibility index (Phi) is 4.98. The Hall–Kier alpha value is -1.51. The van der Waals surface area contributed by atoms with Crippen LogP contribution in [0.5, 0.6) is 5.75 Å². The molecule has 0 amide bonds. The number of hydrogen-bond donors (Lipinski definition) is 1. The molecule has 0 spiro atoms. The fourth-order valence-electron chi connectivity index (χ4n) is 1.25. The van der Waals surface area contributed by atoms with Crippen LogP contribution in [0.4, 0.5) is 13.2 Å². The SMILES string of the molecule is CCOC(=O)c1cc(CBr)c(OC(F)(F)F)c(=O)[nH]1. The lowest BCUT2D eigenvalue weighted by molar-refractivity contribution is -0.275. The summed E-state index contributed by atoms with van der Waals surface area (Å²) in [5.41, 5.74) is -1.50. The van der Waals surface area contributed by atoms with Crippen molar-refractivity contribution in [3.8, 4) is 5.75 Å². The number of halogens is 4. The van der Waals surface area contributed by atoms with E-state index in [4.69, 9.17) is 0 Å². The van der Waals surface area contributed by atoms with Crippen molar-refractivity contribution < 1.29 is 27.4 Å². The maximum Gasteiger partial charge on any atom is 0.573 e. The summed E-state index contributed by atoms with van der Waals surface area (Å²) in [6.07, 6.45) is -4.99. The lowest BCUT2D eigenvalue weighted by atomic mass is 10.2. The molecule has 1 heterocycles. The molecule has 0 saturated heterocycles. The molecule has 1 rings (SSSR count). The maximum absolute atomic E-state index is 12.1. The van der Waals surface area contributed by atoms with Gasteiger partial charge in [0.1, 0.15) is 5.69 Å². The summed E-state index contributed by atoms with van der Waals surface area (Å²) >= 11 is 2.92. The predicted molar refractivity (Wildman–Crippen MR) is 62.3 cm³/mol. The van der Waals surface area contributed by atoms with Crippen molar-refractivity contribution >= 4 is 21.9 Å². The van der Waals surface area contributed by atoms with Crippen LogP contribution in [0.15, 0.2) is 10.9 Å². The molecule has 0 unspecified atom stereocenters. The van der Waals surface area contributed by atoms with Crippen LogP contribution in [-0.2, 0) is 10.1 Å². The van der Waals surface area contributed by atoms with Gasteiger partial charge < -0.3 is 14.5 Å². The largest absolute Gasteiger partial charge is 0.573 e. The summed E-state index contributed by atoms with van der Waals surface area (Å²) in [5.74, 6) is -1.74. The van der Waals surface area contributed by atoms with Crippen molar-refractivity contribution in [3.05, 3.63) is 27.7 Å². The number of pyridine rings is 1. The van der Waals surface area contributed by atoms with Crippen LogP contribution in [-0.4, -0.2) is 23.9 Å². The quantitative estimate of drug-likeness (QED) is 0.673. The van der Waals surface area contributed by atoms with Gasteiger partial charge in [-0.15, -0.1) is 13.2 Å². The molecule has 19 heavy (non-hydrogen) atoms. The summed E-state index contributed by atoms with van der Waals surface area (Å²) in [6, 6.07) is 1.06. The van der Waals surface area contributed by atoms with Crippen molar-refractivity contribution in [1.29, 1.82) is 0 Å². The van der Waals surface area contributed by atoms with Crippen molar-refractivity contribution in [2.75, 3.05) is 6.61 Å². The van der Waals surface area contributed by atoms with E-state index >= 15 is 0 Å². The number of carbonyl (C=O) groups is 1. The molecule has 9 heteroatoms. The van der Waals surface area contributed by atoms with Gasteiger partial charge in [0.05, 0.1) is 6.61 Å². The summed E-state index contributed by atoms with van der Waals surface area (Å²) in [6.45, 7) is 1.63. The molecule has 0 aliphatic carbocycles. The molecule has 0 bridgehead atoms. The zero-order valence-electron chi connectivity index (χ0n) is 9.64. The van der Waals surface area contributed by atoms with Crippen LogP contribution < -0.4 is 10.3 Å². The first-order chi connectivity index (χ1) is 8.78.